The maximum Gasteiger partial charge on any atom is 0.240 e. The van der Waals surface area contributed by atoms with Crippen molar-refractivity contribution in [2.24, 2.45) is 11.8 Å². The molecule has 5 rings (SSSR count). The fraction of sp³-hybridized carbons (Fsp3) is 0.440. The van der Waals surface area contributed by atoms with Crippen LogP contribution in [0.4, 0.5) is 5.69 Å². The highest BCUT2D eigenvalue weighted by Gasteiger charge is 2.62. The fourth-order valence-corrected chi connectivity index (χ4v) is 5.01. The summed E-state index contributed by atoms with van der Waals surface area (Å²) in [5, 5.41) is 0. The molecular weight excluding hydrogens is 410 g/mol. The number of fused-ring (bicyclic) bond motifs is 5. The van der Waals surface area contributed by atoms with Crippen molar-refractivity contribution >= 4 is 17.5 Å². The molecule has 2 amide bonds. The van der Waals surface area contributed by atoms with Gasteiger partial charge in [-0.2, -0.15) is 0 Å². The predicted molar refractivity (Wildman–Crippen MR) is 117 cm³/mol. The molecule has 2 aromatic rings. The van der Waals surface area contributed by atoms with Gasteiger partial charge in [0.2, 0.25) is 11.8 Å². The molecule has 168 valence electrons. The number of carbonyl (C=O) groups is 2. The molecule has 0 radical (unpaired) electrons. The zero-order valence-electron chi connectivity index (χ0n) is 18.3. The third-order valence-corrected chi connectivity index (χ3v) is 6.39. The molecule has 7 heteroatoms. The summed E-state index contributed by atoms with van der Waals surface area (Å²) in [4.78, 5) is 27.2. The van der Waals surface area contributed by atoms with E-state index in [-0.39, 0.29) is 35.9 Å². The molecule has 32 heavy (non-hydrogen) atoms. The lowest BCUT2D eigenvalue weighted by molar-refractivity contribution is -0.124. The van der Waals surface area contributed by atoms with Crippen molar-refractivity contribution in [1.29, 1.82) is 0 Å². The Bertz CT molecular complexity index is 992. The van der Waals surface area contributed by atoms with Gasteiger partial charge in [0.05, 0.1) is 42.9 Å². The second kappa shape index (κ2) is 8.47. The van der Waals surface area contributed by atoms with E-state index in [9.17, 15) is 9.59 Å². The molecule has 0 aliphatic carbocycles. The normalized spacial score (nSPS) is 25.9. The van der Waals surface area contributed by atoms with Gasteiger partial charge in [0, 0.05) is 0 Å². The largest absolute Gasteiger partial charge is 0.490 e. The summed E-state index contributed by atoms with van der Waals surface area (Å²) in [6.45, 7) is 5.35. The molecule has 3 aliphatic heterocycles. The summed E-state index contributed by atoms with van der Waals surface area (Å²) >= 11 is 0. The Morgan fingerprint density at radius 2 is 1.47 bits per heavy atom. The van der Waals surface area contributed by atoms with Gasteiger partial charge in [-0.15, -0.1) is 0 Å². The molecule has 3 fully saturated rings. The number of carbonyl (C=O) groups excluding carboxylic acids is 2. The molecule has 2 bridgehead atoms. The Hall–Kier alpha value is -3.06. The number of hydrogen-bond acceptors (Lipinski definition) is 6. The van der Waals surface area contributed by atoms with Gasteiger partial charge >= 0.3 is 0 Å². The van der Waals surface area contributed by atoms with Crippen LogP contribution in [0.15, 0.2) is 42.5 Å². The molecule has 0 spiro atoms. The Balaban J connectivity index is 1.25. The summed E-state index contributed by atoms with van der Waals surface area (Å²) in [6.07, 6.45) is 1.51. The number of amides is 2. The summed E-state index contributed by atoms with van der Waals surface area (Å²) < 4.78 is 23.0. The second-order valence-electron chi connectivity index (χ2n) is 8.28. The first-order valence-corrected chi connectivity index (χ1v) is 11.2. The molecule has 0 aromatic heterocycles. The van der Waals surface area contributed by atoms with Crippen molar-refractivity contribution in [2.75, 3.05) is 18.1 Å². The van der Waals surface area contributed by atoms with Crippen LogP contribution in [0.3, 0.4) is 0 Å². The van der Waals surface area contributed by atoms with Crippen molar-refractivity contribution in [3.63, 3.8) is 0 Å². The number of imide groups is 1. The minimum absolute atomic E-state index is 0.107. The highest BCUT2D eigenvalue weighted by atomic mass is 16.5. The first-order chi connectivity index (χ1) is 15.6. The van der Waals surface area contributed by atoms with E-state index in [4.69, 9.17) is 18.9 Å². The predicted octanol–water partition coefficient (Wildman–Crippen LogP) is 3.73. The van der Waals surface area contributed by atoms with E-state index in [0.29, 0.717) is 42.8 Å². The number of hydrogen-bond donors (Lipinski definition) is 0. The van der Waals surface area contributed by atoms with Crippen LogP contribution in [0, 0.1) is 11.8 Å². The number of rotatable bonds is 8. The minimum Gasteiger partial charge on any atom is -0.490 e. The molecule has 3 heterocycles. The SMILES string of the molecule is CCOc1ccc(COc2ccc(N3C(=O)[C@@H]4[C@@H](C3=O)[C@@H]3CC[C@@H]4O3)cc2)cc1OCC. The average molecular weight is 437 g/mol. The van der Waals surface area contributed by atoms with Crippen LogP contribution in [0.1, 0.15) is 32.3 Å². The van der Waals surface area contributed by atoms with Gasteiger partial charge in [0.25, 0.3) is 0 Å². The quantitative estimate of drug-likeness (QED) is 0.586. The van der Waals surface area contributed by atoms with Crippen LogP contribution < -0.4 is 19.1 Å². The molecule has 3 aliphatic rings. The van der Waals surface area contributed by atoms with E-state index in [1.165, 1.54) is 4.90 Å². The monoisotopic (exact) mass is 437 g/mol. The second-order valence-corrected chi connectivity index (χ2v) is 8.28. The van der Waals surface area contributed by atoms with Crippen LogP contribution >= 0.6 is 0 Å². The van der Waals surface area contributed by atoms with E-state index in [2.05, 4.69) is 0 Å². The zero-order valence-corrected chi connectivity index (χ0v) is 18.3. The minimum atomic E-state index is -0.323. The van der Waals surface area contributed by atoms with E-state index in [1.807, 2.05) is 32.0 Å². The maximum atomic E-state index is 12.9. The van der Waals surface area contributed by atoms with E-state index in [0.717, 1.165) is 18.4 Å². The highest BCUT2D eigenvalue weighted by Crippen LogP contribution is 2.49. The molecule has 4 atom stereocenters. The summed E-state index contributed by atoms with van der Waals surface area (Å²) in [6, 6.07) is 12.8. The van der Waals surface area contributed by atoms with Crippen molar-refractivity contribution in [3.05, 3.63) is 48.0 Å². The van der Waals surface area contributed by atoms with E-state index < -0.39 is 0 Å². The lowest BCUT2D eigenvalue weighted by atomic mass is 9.81. The van der Waals surface area contributed by atoms with Crippen molar-refractivity contribution in [1.82, 2.24) is 0 Å². The van der Waals surface area contributed by atoms with Gasteiger partial charge in [-0.25, -0.2) is 4.90 Å². The molecule has 0 unspecified atom stereocenters. The molecule has 0 saturated carbocycles. The molecule has 7 nitrogen and oxygen atoms in total. The van der Waals surface area contributed by atoms with Gasteiger partial charge in [-0.1, -0.05) is 6.07 Å². The smallest absolute Gasteiger partial charge is 0.240 e. The molecular formula is C25H27NO6. The third kappa shape index (κ3) is 3.50. The molecule has 2 aromatic carbocycles. The Morgan fingerprint density at radius 1 is 0.844 bits per heavy atom. The van der Waals surface area contributed by atoms with Gasteiger partial charge in [-0.3, -0.25) is 9.59 Å². The Morgan fingerprint density at radius 3 is 2.09 bits per heavy atom. The molecule has 0 N–H and O–H groups in total. The number of benzene rings is 2. The van der Waals surface area contributed by atoms with Gasteiger partial charge in [-0.05, 0) is 68.7 Å². The van der Waals surface area contributed by atoms with Gasteiger partial charge < -0.3 is 18.9 Å². The Kier molecular flexibility index (Phi) is 5.51. The number of ether oxygens (including phenoxy) is 4. The maximum absolute atomic E-state index is 12.9. The molecule has 3 saturated heterocycles. The first kappa shape index (κ1) is 20.8. The lowest BCUT2D eigenvalue weighted by Crippen LogP contribution is -2.34. The zero-order chi connectivity index (χ0) is 22.2. The summed E-state index contributed by atoms with van der Waals surface area (Å²) in [7, 11) is 0. The topological polar surface area (TPSA) is 74.3 Å². The first-order valence-electron chi connectivity index (χ1n) is 11.2. The van der Waals surface area contributed by atoms with Crippen LogP contribution in [-0.2, 0) is 20.9 Å². The van der Waals surface area contributed by atoms with Gasteiger partial charge in [0.1, 0.15) is 12.4 Å². The third-order valence-electron chi connectivity index (χ3n) is 6.39. The Labute approximate surface area is 187 Å². The van der Waals surface area contributed by atoms with Crippen LogP contribution in [0.25, 0.3) is 0 Å². The van der Waals surface area contributed by atoms with Gasteiger partial charge in [0.15, 0.2) is 11.5 Å². The fourth-order valence-electron chi connectivity index (χ4n) is 5.01. The lowest BCUT2D eigenvalue weighted by Gasteiger charge is -2.18. The standard InChI is InChI=1S/C25H27NO6/c1-3-29-18-10-5-15(13-21(18)30-4-2)14-31-17-8-6-16(7-9-17)26-24(27)22-19-11-12-20(32-19)23(22)25(26)28/h5-10,13,19-20,22-23H,3-4,11-12,14H2,1-2H3/t19-,20-,22-,23-/m0/s1. The van der Waals surface area contributed by atoms with Crippen LogP contribution in [0.5, 0.6) is 17.2 Å². The summed E-state index contributed by atoms with van der Waals surface area (Å²) in [5.41, 5.74) is 1.54. The average Bonchev–Trinajstić information content (AvgIpc) is 3.48. The van der Waals surface area contributed by atoms with Crippen LogP contribution in [-0.4, -0.2) is 37.2 Å². The highest BCUT2D eigenvalue weighted by molar-refractivity contribution is 6.22. The van der Waals surface area contributed by atoms with E-state index >= 15 is 0 Å². The van der Waals surface area contributed by atoms with Crippen molar-refractivity contribution in [2.45, 2.75) is 45.5 Å². The van der Waals surface area contributed by atoms with Crippen molar-refractivity contribution < 1.29 is 28.5 Å². The number of anilines is 1. The van der Waals surface area contributed by atoms with E-state index in [1.54, 1.807) is 24.3 Å². The number of nitrogens with zero attached hydrogens (tertiary/aromatic N) is 1. The van der Waals surface area contributed by atoms with Crippen molar-refractivity contribution in [3.8, 4) is 17.2 Å². The summed E-state index contributed by atoms with van der Waals surface area (Å²) in [5.74, 6) is 1.14. The van der Waals surface area contributed by atoms with Crippen LogP contribution in [0.2, 0.25) is 0 Å².